The molecule has 0 spiro atoms. The fourth-order valence-electron chi connectivity index (χ4n) is 5.14. The lowest BCUT2D eigenvalue weighted by Crippen LogP contribution is -2.51. The summed E-state index contributed by atoms with van der Waals surface area (Å²) >= 11 is 0. The number of piperidine rings is 1. The van der Waals surface area contributed by atoms with Gasteiger partial charge in [-0.05, 0) is 69.9 Å². The molecule has 2 fully saturated rings. The zero-order valence-electron chi connectivity index (χ0n) is 19.7. The smallest absolute Gasteiger partial charge is 0.424 e. The Kier molecular flexibility index (Phi) is 5.86. The van der Waals surface area contributed by atoms with Gasteiger partial charge in [-0.15, -0.1) is 18.3 Å². The third-order valence-corrected chi connectivity index (χ3v) is 6.71. The fourth-order valence-corrected chi connectivity index (χ4v) is 5.14. The predicted molar refractivity (Wildman–Crippen MR) is 121 cm³/mol. The molecule has 1 saturated heterocycles. The first-order chi connectivity index (χ1) is 16.6. The van der Waals surface area contributed by atoms with Crippen LogP contribution in [-0.4, -0.2) is 43.9 Å². The number of nitrogens with one attached hydrogen (secondary N) is 1. The van der Waals surface area contributed by atoms with Gasteiger partial charge < -0.3 is 20.1 Å². The molecule has 1 aliphatic carbocycles. The number of ether oxygens (including phenoxy) is 2. The van der Waals surface area contributed by atoms with Gasteiger partial charge in [0.1, 0.15) is 11.5 Å². The van der Waals surface area contributed by atoms with E-state index in [4.69, 9.17) is 20.6 Å². The summed E-state index contributed by atoms with van der Waals surface area (Å²) in [5, 5.41) is 12.3. The molecule has 5 rings (SSSR count). The molecule has 2 aromatic heterocycles. The van der Waals surface area contributed by atoms with Gasteiger partial charge in [-0.1, -0.05) is 0 Å². The van der Waals surface area contributed by atoms with Gasteiger partial charge in [-0.2, -0.15) is 10.1 Å². The Morgan fingerprint density at radius 1 is 1.14 bits per heavy atom. The molecular weight excluding hydrogens is 463 g/mol. The van der Waals surface area contributed by atoms with Gasteiger partial charge >= 0.3 is 12.4 Å². The highest BCUT2D eigenvalue weighted by Gasteiger charge is 2.49. The molecule has 0 amide bonds. The van der Waals surface area contributed by atoms with Gasteiger partial charge in [0.25, 0.3) is 0 Å². The Morgan fingerprint density at radius 2 is 1.86 bits per heavy atom. The lowest BCUT2D eigenvalue weighted by molar-refractivity contribution is -0.274. The van der Waals surface area contributed by atoms with Crippen LogP contribution in [-0.2, 0) is 0 Å². The van der Waals surface area contributed by atoms with Crippen LogP contribution in [0.15, 0.2) is 30.3 Å². The van der Waals surface area contributed by atoms with E-state index in [0.717, 1.165) is 24.2 Å². The highest BCUT2D eigenvalue weighted by molar-refractivity contribution is 5.40. The highest BCUT2D eigenvalue weighted by atomic mass is 19.4. The number of benzene rings is 1. The summed E-state index contributed by atoms with van der Waals surface area (Å²) in [6, 6.07) is 7.43. The quantitative estimate of drug-likeness (QED) is 0.523. The number of nitrogens with zero attached hydrogens (tertiary/aromatic N) is 5. The number of hydrogen-bond donors (Lipinski definition) is 2. The van der Waals surface area contributed by atoms with Gasteiger partial charge in [-0.3, -0.25) is 5.10 Å². The molecule has 3 aromatic rings. The van der Waals surface area contributed by atoms with Crippen LogP contribution in [0.3, 0.4) is 0 Å². The molecule has 1 aliphatic heterocycles. The third-order valence-electron chi connectivity index (χ3n) is 6.71. The number of H-pyrrole nitrogens is 1. The van der Waals surface area contributed by atoms with Crippen molar-refractivity contribution in [1.82, 2.24) is 25.0 Å². The summed E-state index contributed by atoms with van der Waals surface area (Å²) in [5.74, 6) is 1.08. The molecule has 1 aromatic carbocycles. The molecule has 35 heavy (non-hydrogen) atoms. The topological polar surface area (TPSA) is 107 Å². The second kappa shape index (κ2) is 8.74. The lowest BCUT2D eigenvalue weighted by atomic mass is 9.84. The Hall–Kier alpha value is -3.28. The van der Waals surface area contributed by atoms with Gasteiger partial charge in [0.2, 0.25) is 5.95 Å². The number of alkyl halides is 3. The van der Waals surface area contributed by atoms with E-state index in [1.54, 1.807) is 4.68 Å². The second-order valence-corrected chi connectivity index (χ2v) is 9.51. The average molecular weight is 492 g/mol. The van der Waals surface area contributed by atoms with Crippen LogP contribution in [0.1, 0.15) is 50.2 Å². The molecule has 3 N–H and O–H groups in total. The SMILES string of the molecule is Cc1cc(C2C3CCC(CN2c2nc(Oc4ccc(OC(F)(F)F)cc4)n(C(C)C)n2)C3N)n[nH]1. The maximum atomic E-state index is 12.5. The first kappa shape index (κ1) is 23.5. The van der Waals surface area contributed by atoms with E-state index in [-0.39, 0.29) is 35.8 Å². The average Bonchev–Trinajstić information content (AvgIpc) is 3.45. The van der Waals surface area contributed by atoms with Gasteiger partial charge in [0.05, 0.1) is 17.8 Å². The van der Waals surface area contributed by atoms with Crippen LogP contribution in [0.25, 0.3) is 0 Å². The number of aryl methyl sites for hydroxylation is 1. The standard InChI is InChI=1S/C23H28F3N7O2/c1-12(2)33-22(34-15-5-7-16(8-6-15)35-23(24,25)26)28-21(31-33)32-11-14-4-9-17(19(14)27)20(32)18-10-13(3)29-30-18/h5-8,10,12,14,17,19-20H,4,9,11,27H2,1-3H3,(H,29,30). The number of aromatic amines is 1. The molecule has 2 aliphatic rings. The molecule has 9 nitrogen and oxygen atoms in total. The summed E-state index contributed by atoms with van der Waals surface area (Å²) in [5.41, 5.74) is 8.46. The number of hydrogen-bond acceptors (Lipinski definition) is 7. The first-order valence-corrected chi connectivity index (χ1v) is 11.6. The minimum Gasteiger partial charge on any atom is -0.424 e. The number of nitrogens with two attached hydrogens (primary N) is 1. The van der Waals surface area contributed by atoms with Crippen molar-refractivity contribution in [3.8, 4) is 17.5 Å². The second-order valence-electron chi connectivity index (χ2n) is 9.51. The molecular formula is C23H28F3N7O2. The first-order valence-electron chi connectivity index (χ1n) is 11.6. The lowest BCUT2D eigenvalue weighted by Gasteiger charge is -2.42. The highest BCUT2D eigenvalue weighted by Crippen LogP contribution is 2.47. The zero-order chi connectivity index (χ0) is 24.9. The summed E-state index contributed by atoms with van der Waals surface area (Å²) in [6.07, 6.45) is -2.70. The van der Waals surface area contributed by atoms with E-state index in [1.807, 2.05) is 26.8 Å². The number of anilines is 1. The Labute approximate surface area is 200 Å². The van der Waals surface area contributed by atoms with E-state index in [1.165, 1.54) is 24.3 Å². The van der Waals surface area contributed by atoms with Gasteiger partial charge in [0, 0.05) is 24.2 Å². The summed E-state index contributed by atoms with van der Waals surface area (Å²) in [6.45, 7) is 6.58. The molecule has 1 saturated carbocycles. The van der Waals surface area contributed by atoms with E-state index in [2.05, 4.69) is 19.8 Å². The van der Waals surface area contributed by atoms with Crippen LogP contribution >= 0.6 is 0 Å². The van der Waals surface area contributed by atoms with Crippen molar-refractivity contribution >= 4 is 5.95 Å². The van der Waals surface area contributed by atoms with Crippen molar-refractivity contribution in [2.24, 2.45) is 17.6 Å². The third kappa shape index (κ3) is 4.66. The minimum absolute atomic E-state index is 0.0612. The van der Waals surface area contributed by atoms with Gasteiger partial charge in [0.15, 0.2) is 0 Å². The summed E-state index contributed by atoms with van der Waals surface area (Å²) in [4.78, 5) is 6.86. The van der Waals surface area contributed by atoms with Crippen molar-refractivity contribution in [1.29, 1.82) is 0 Å². The van der Waals surface area contributed by atoms with E-state index in [0.29, 0.717) is 24.2 Å². The number of fused-ring (bicyclic) bond motifs is 2. The largest absolute Gasteiger partial charge is 0.573 e. The maximum Gasteiger partial charge on any atom is 0.573 e. The monoisotopic (exact) mass is 491 g/mol. The van der Waals surface area contributed by atoms with E-state index >= 15 is 0 Å². The summed E-state index contributed by atoms with van der Waals surface area (Å²) < 4.78 is 48.9. The molecule has 188 valence electrons. The van der Waals surface area contributed by atoms with Crippen LogP contribution in [0, 0.1) is 18.8 Å². The van der Waals surface area contributed by atoms with Crippen molar-refractivity contribution in [2.75, 3.05) is 11.4 Å². The van der Waals surface area contributed by atoms with Crippen molar-refractivity contribution < 1.29 is 22.6 Å². The van der Waals surface area contributed by atoms with Crippen molar-refractivity contribution in [3.63, 3.8) is 0 Å². The maximum absolute atomic E-state index is 12.5. The molecule has 0 radical (unpaired) electrons. The van der Waals surface area contributed by atoms with Gasteiger partial charge in [-0.25, -0.2) is 4.68 Å². The van der Waals surface area contributed by atoms with Crippen molar-refractivity contribution in [3.05, 3.63) is 41.7 Å². The van der Waals surface area contributed by atoms with E-state index in [9.17, 15) is 13.2 Å². The zero-order valence-corrected chi connectivity index (χ0v) is 19.7. The van der Waals surface area contributed by atoms with Crippen LogP contribution in [0.5, 0.6) is 17.5 Å². The molecule has 3 heterocycles. The normalized spacial score (nSPS) is 24.3. The Balaban J connectivity index is 1.45. The fraction of sp³-hybridized carbons (Fsp3) is 0.522. The summed E-state index contributed by atoms with van der Waals surface area (Å²) in [7, 11) is 0. The minimum atomic E-state index is -4.76. The molecule has 12 heteroatoms. The van der Waals surface area contributed by atoms with Crippen LogP contribution < -0.4 is 20.1 Å². The number of aromatic nitrogens is 5. The molecule has 2 bridgehead atoms. The predicted octanol–water partition coefficient (Wildman–Crippen LogP) is 4.50. The number of halogens is 3. The Morgan fingerprint density at radius 3 is 2.49 bits per heavy atom. The van der Waals surface area contributed by atoms with Crippen LogP contribution in [0.2, 0.25) is 0 Å². The Bertz CT molecular complexity index is 1170. The number of rotatable bonds is 6. The molecule has 4 atom stereocenters. The molecule has 4 unspecified atom stereocenters. The van der Waals surface area contributed by atoms with Crippen molar-refractivity contribution in [2.45, 2.75) is 58.1 Å². The van der Waals surface area contributed by atoms with E-state index < -0.39 is 6.36 Å². The van der Waals surface area contributed by atoms with Crippen LogP contribution in [0.4, 0.5) is 19.1 Å².